The molecule has 0 spiro atoms. The van der Waals surface area contributed by atoms with Crippen LogP contribution < -0.4 is 10.6 Å². The molecule has 0 aliphatic rings. The summed E-state index contributed by atoms with van der Waals surface area (Å²) >= 11 is 13.2. The van der Waals surface area contributed by atoms with Crippen molar-refractivity contribution in [2.75, 3.05) is 17.6 Å². The van der Waals surface area contributed by atoms with E-state index in [0.717, 1.165) is 28.6 Å². The minimum absolute atomic E-state index is 0.615. The number of aryl methyl sites for hydroxylation is 2. The van der Waals surface area contributed by atoms with Crippen LogP contribution in [0.25, 0.3) is 0 Å². The Bertz CT molecular complexity index is 642. The van der Waals surface area contributed by atoms with E-state index in [-0.39, 0.29) is 0 Å². The van der Waals surface area contributed by atoms with E-state index in [4.69, 9.17) is 23.8 Å². The maximum absolute atomic E-state index is 6.10. The van der Waals surface area contributed by atoms with Crippen molar-refractivity contribution in [3.8, 4) is 0 Å². The number of hydrogen-bond donors (Lipinski definition) is 2. The first-order chi connectivity index (χ1) is 10.5. The van der Waals surface area contributed by atoms with Crippen molar-refractivity contribution in [1.82, 2.24) is 5.32 Å². The molecule has 0 aliphatic heterocycles. The highest BCUT2D eigenvalue weighted by Gasteiger charge is 2.01. The summed E-state index contributed by atoms with van der Waals surface area (Å²) in [4.78, 5) is 1.27. The van der Waals surface area contributed by atoms with Crippen molar-refractivity contribution < 1.29 is 0 Å². The molecule has 2 aromatic carbocycles. The second-order valence-corrected chi connectivity index (χ2v) is 6.99. The molecule has 0 amide bonds. The summed E-state index contributed by atoms with van der Waals surface area (Å²) in [5.74, 6) is 0.958. The zero-order valence-electron chi connectivity index (χ0n) is 12.7. The fraction of sp³-hybridized carbons (Fsp3) is 0.235. The molecule has 0 aliphatic carbocycles. The molecule has 0 heterocycles. The van der Waals surface area contributed by atoms with E-state index in [1.54, 1.807) is 0 Å². The number of benzene rings is 2. The summed E-state index contributed by atoms with van der Waals surface area (Å²) in [6, 6.07) is 14.4. The number of halogens is 1. The molecule has 2 aromatic rings. The van der Waals surface area contributed by atoms with Crippen LogP contribution in [0.5, 0.6) is 0 Å². The predicted octanol–water partition coefficient (Wildman–Crippen LogP) is 5.04. The third-order valence-corrected chi connectivity index (χ3v) is 4.77. The highest BCUT2D eigenvalue weighted by molar-refractivity contribution is 7.99. The minimum atomic E-state index is 0.615. The standard InChI is InChI=1S/C17H19ClN2S2/c1-12-3-7-15(8-4-12)22-10-9-19-17(21)20-14-6-5-13(2)16(18)11-14/h3-8,11H,9-10H2,1-2H3,(H2,19,20,21). The normalized spacial score (nSPS) is 10.3. The van der Waals surface area contributed by atoms with Gasteiger partial charge in [-0.1, -0.05) is 35.4 Å². The molecule has 0 radical (unpaired) electrons. The van der Waals surface area contributed by atoms with Gasteiger partial charge in [-0.05, 0) is 55.9 Å². The lowest BCUT2D eigenvalue weighted by Crippen LogP contribution is -2.30. The van der Waals surface area contributed by atoms with Gasteiger partial charge in [0, 0.05) is 27.9 Å². The van der Waals surface area contributed by atoms with Crippen molar-refractivity contribution in [2.45, 2.75) is 18.7 Å². The van der Waals surface area contributed by atoms with E-state index in [9.17, 15) is 0 Å². The number of nitrogens with one attached hydrogen (secondary N) is 2. The quantitative estimate of drug-likeness (QED) is 0.448. The molecule has 22 heavy (non-hydrogen) atoms. The van der Waals surface area contributed by atoms with Gasteiger partial charge in [0.2, 0.25) is 0 Å². The number of anilines is 1. The van der Waals surface area contributed by atoms with E-state index in [0.29, 0.717) is 5.11 Å². The lowest BCUT2D eigenvalue weighted by atomic mass is 10.2. The average molecular weight is 351 g/mol. The predicted molar refractivity (Wildman–Crippen MR) is 102 cm³/mol. The SMILES string of the molecule is Cc1ccc(SCCNC(=S)Nc2ccc(C)c(Cl)c2)cc1. The fourth-order valence-electron chi connectivity index (χ4n) is 1.81. The van der Waals surface area contributed by atoms with E-state index in [2.05, 4.69) is 41.8 Å². The van der Waals surface area contributed by atoms with E-state index in [1.165, 1.54) is 10.5 Å². The topological polar surface area (TPSA) is 24.1 Å². The summed E-state index contributed by atoms with van der Waals surface area (Å²) < 4.78 is 0. The van der Waals surface area contributed by atoms with Crippen LogP contribution in [0, 0.1) is 13.8 Å². The van der Waals surface area contributed by atoms with Gasteiger partial charge in [0.1, 0.15) is 0 Å². The number of rotatable bonds is 5. The van der Waals surface area contributed by atoms with Crippen LogP contribution in [-0.4, -0.2) is 17.4 Å². The van der Waals surface area contributed by atoms with Gasteiger partial charge in [0.15, 0.2) is 5.11 Å². The van der Waals surface area contributed by atoms with E-state index >= 15 is 0 Å². The van der Waals surface area contributed by atoms with Gasteiger partial charge in [-0.15, -0.1) is 11.8 Å². The Morgan fingerprint density at radius 1 is 1.14 bits per heavy atom. The van der Waals surface area contributed by atoms with Gasteiger partial charge in [-0.2, -0.15) is 0 Å². The van der Waals surface area contributed by atoms with Crippen LogP contribution in [0.15, 0.2) is 47.4 Å². The molecule has 0 bridgehead atoms. The summed E-state index contributed by atoms with van der Waals surface area (Å²) in [6.45, 7) is 4.88. The van der Waals surface area contributed by atoms with Crippen molar-refractivity contribution in [3.05, 3.63) is 58.6 Å². The largest absolute Gasteiger partial charge is 0.362 e. The molecule has 2 N–H and O–H groups in total. The molecule has 0 unspecified atom stereocenters. The van der Waals surface area contributed by atoms with Crippen molar-refractivity contribution in [2.24, 2.45) is 0 Å². The van der Waals surface area contributed by atoms with Crippen LogP contribution in [0.4, 0.5) is 5.69 Å². The summed E-state index contributed by atoms with van der Waals surface area (Å²) in [7, 11) is 0. The van der Waals surface area contributed by atoms with Crippen LogP contribution in [-0.2, 0) is 0 Å². The van der Waals surface area contributed by atoms with Crippen LogP contribution >= 0.6 is 35.6 Å². The molecule has 0 saturated heterocycles. The molecule has 0 fully saturated rings. The Balaban J connectivity index is 1.71. The Labute approximate surface area is 146 Å². The lowest BCUT2D eigenvalue weighted by Gasteiger charge is -2.11. The smallest absolute Gasteiger partial charge is 0.170 e. The van der Waals surface area contributed by atoms with Crippen molar-refractivity contribution in [1.29, 1.82) is 0 Å². The molecule has 116 valence electrons. The van der Waals surface area contributed by atoms with Crippen molar-refractivity contribution in [3.63, 3.8) is 0 Å². The van der Waals surface area contributed by atoms with Crippen LogP contribution in [0.1, 0.15) is 11.1 Å². The summed E-state index contributed by atoms with van der Waals surface area (Å²) in [6.07, 6.45) is 0. The third-order valence-electron chi connectivity index (χ3n) is 3.11. The second-order valence-electron chi connectivity index (χ2n) is 5.01. The first-order valence-corrected chi connectivity index (χ1v) is 8.82. The van der Waals surface area contributed by atoms with Gasteiger partial charge in [-0.3, -0.25) is 0 Å². The number of thiocarbonyl (C=S) groups is 1. The Morgan fingerprint density at radius 2 is 1.86 bits per heavy atom. The monoisotopic (exact) mass is 350 g/mol. The van der Waals surface area contributed by atoms with Crippen LogP contribution in [0.3, 0.4) is 0 Å². The lowest BCUT2D eigenvalue weighted by molar-refractivity contribution is 0.990. The fourth-order valence-corrected chi connectivity index (χ4v) is 2.98. The maximum Gasteiger partial charge on any atom is 0.170 e. The van der Waals surface area contributed by atoms with E-state index < -0.39 is 0 Å². The molecule has 5 heteroatoms. The molecule has 2 rings (SSSR count). The highest BCUT2D eigenvalue weighted by atomic mass is 35.5. The summed E-state index contributed by atoms with van der Waals surface area (Å²) in [5, 5.41) is 7.70. The molecule has 0 aromatic heterocycles. The van der Waals surface area contributed by atoms with Gasteiger partial charge < -0.3 is 10.6 Å². The Morgan fingerprint density at radius 3 is 2.55 bits per heavy atom. The van der Waals surface area contributed by atoms with Gasteiger partial charge in [0.25, 0.3) is 0 Å². The van der Waals surface area contributed by atoms with Gasteiger partial charge >= 0.3 is 0 Å². The Hall–Kier alpha value is -1.23. The first kappa shape index (κ1) is 17.1. The Kier molecular flexibility index (Phi) is 6.55. The zero-order valence-corrected chi connectivity index (χ0v) is 15.0. The minimum Gasteiger partial charge on any atom is -0.362 e. The van der Waals surface area contributed by atoms with E-state index in [1.807, 2.05) is 36.9 Å². The van der Waals surface area contributed by atoms with Crippen LogP contribution in [0.2, 0.25) is 5.02 Å². The average Bonchev–Trinajstić information content (AvgIpc) is 2.49. The van der Waals surface area contributed by atoms with Crippen molar-refractivity contribution >= 4 is 46.4 Å². The summed E-state index contributed by atoms with van der Waals surface area (Å²) in [5.41, 5.74) is 3.24. The zero-order chi connectivity index (χ0) is 15.9. The second kappa shape index (κ2) is 8.42. The first-order valence-electron chi connectivity index (χ1n) is 7.05. The molecular weight excluding hydrogens is 332 g/mol. The molecule has 0 atom stereocenters. The highest BCUT2D eigenvalue weighted by Crippen LogP contribution is 2.20. The molecule has 2 nitrogen and oxygen atoms in total. The molecular formula is C17H19ClN2S2. The third kappa shape index (κ3) is 5.52. The number of hydrogen-bond acceptors (Lipinski definition) is 2. The maximum atomic E-state index is 6.10. The molecule has 0 saturated carbocycles. The van der Waals surface area contributed by atoms with Gasteiger partial charge in [-0.25, -0.2) is 0 Å². The van der Waals surface area contributed by atoms with Gasteiger partial charge in [0.05, 0.1) is 0 Å². The number of thioether (sulfide) groups is 1.